The summed E-state index contributed by atoms with van der Waals surface area (Å²) in [4.78, 5) is 35.7. The van der Waals surface area contributed by atoms with Crippen LogP contribution in [0.4, 0.5) is 4.39 Å². The number of benzene rings is 2. The topological polar surface area (TPSA) is 104 Å². The molecule has 0 spiro atoms. The smallest absolute Gasteiger partial charge is 0.268 e. The fourth-order valence-corrected chi connectivity index (χ4v) is 2.29. The van der Waals surface area contributed by atoms with Gasteiger partial charge in [-0.05, 0) is 29.8 Å². The summed E-state index contributed by atoms with van der Waals surface area (Å²) in [5.74, 6) is -1.72. The third-order valence-corrected chi connectivity index (χ3v) is 3.49. The highest BCUT2D eigenvalue weighted by Gasteiger charge is 2.14. The van der Waals surface area contributed by atoms with Crippen LogP contribution in [0.15, 0.2) is 59.4 Å². The summed E-state index contributed by atoms with van der Waals surface area (Å²) in [7, 11) is 0. The molecule has 3 N–H and O–H groups in total. The van der Waals surface area contributed by atoms with E-state index in [9.17, 15) is 18.8 Å². The Kier molecular flexibility index (Phi) is 4.84. The molecule has 0 aliphatic rings. The second-order valence-corrected chi connectivity index (χ2v) is 5.28. The number of carbonyl (C=O) groups excluding carboxylic acids is 2. The molecular formula is C18H13FN4O3. The Morgan fingerprint density at radius 1 is 1.04 bits per heavy atom. The lowest BCUT2D eigenvalue weighted by Gasteiger charge is -2.06. The second-order valence-electron chi connectivity index (χ2n) is 5.28. The van der Waals surface area contributed by atoms with Crippen molar-refractivity contribution in [2.24, 2.45) is 0 Å². The van der Waals surface area contributed by atoms with Crippen LogP contribution in [0, 0.1) is 5.82 Å². The Morgan fingerprint density at radius 3 is 2.58 bits per heavy atom. The first kappa shape index (κ1) is 17.0. The van der Waals surface area contributed by atoms with Crippen molar-refractivity contribution in [2.45, 2.75) is 0 Å². The van der Waals surface area contributed by atoms with Gasteiger partial charge >= 0.3 is 0 Å². The number of fused-ring (bicyclic) bond motifs is 1. The number of hydrazine groups is 1. The number of amides is 2. The zero-order valence-electron chi connectivity index (χ0n) is 13.3. The Bertz CT molecular complexity index is 1080. The van der Waals surface area contributed by atoms with Crippen LogP contribution < -0.4 is 16.4 Å². The predicted octanol–water partition coefficient (Wildman–Crippen LogP) is 1.54. The number of aromatic nitrogens is 2. The highest BCUT2D eigenvalue weighted by atomic mass is 19.1. The maximum absolute atomic E-state index is 13.1. The SMILES string of the molecule is O=C(/C=C/c1cccc(F)c1)NNC(=O)c1n[nH]c(=O)c2ccccc12. The number of aromatic amines is 1. The van der Waals surface area contributed by atoms with Crippen LogP contribution in [0.5, 0.6) is 0 Å². The molecule has 2 aromatic carbocycles. The van der Waals surface area contributed by atoms with E-state index in [1.54, 1.807) is 30.3 Å². The average Bonchev–Trinajstić information content (AvgIpc) is 2.65. The quantitative estimate of drug-likeness (QED) is 0.491. The zero-order chi connectivity index (χ0) is 18.5. The van der Waals surface area contributed by atoms with E-state index in [1.807, 2.05) is 0 Å². The third-order valence-electron chi connectivity index (χ3n) is 3.49. The molecule has 0 radical (unpaired) electrons. The number of rotatable bonds is 3. The largest absolute Gasteiger partial charge is 0.290 e. The standard InChI is InChI=1S/C18H13FN4O3/c19-12-5-3-4-11(10-12)8-9-15(24)20-23-18(26)16-13-6-1-2-7-14(13)17(25)22-21-16/h1-10H,(H,20,24)(H,22,25)(H,23,26)/b9-8+. The minimum absolute atomic E-state index is 0.0328. The summed E-state index contributed by atoms with van der Waals surface area (Å²) >= 11 is 0. The van der Waals surface area contributed by atoms with Crippen LogP contribution >= 0.6 is 0 Å². The number of hydrogen-bond acceptors (Lipinski definition) is 4. The lowest BCUT2D eigenvalue weighted by Crippen LogP contribution is -2.41. The first-order valence-electron chi connectivity index (χ1n) is 7.56. The van der Waals surface area contributed by atoms with Gasteiger partial charge in [-0.25, -0.2) is 9.49 Å². The predicted molar refractivity (Wildman–Crippen MR) is 93.4 cm³/mol. The first-order valence-corrected chi connectivity index (χ1v) is 7.56. The van der Waals surface area contributed by atoms with Gasteiger partial charge in [0.25, 0.3) is 17.4 Å². The first-order chi connectivity index (χ1) is 12.5. The highest BCUT2D eigenvalue weighted by molar-refractivity contribution is 6.05. The average molecular weight is 352 g/mol. The second kappa shape index (κ2) is 7.39. The summed E-state index contributed by atoms with van der Waals surface area (Å²) in [6, 6.07) is 12.2. The van der Waals surface area contributed by atoms with Gasteiger partial charge in [0.1, 0.15) is 5.82 Å². The van der Waals surface area contributed by atoms with Gasteiger partial charge in [0.2, 0.25) is 0 Å². The van der Waals surface area contributed by atoms with Crippen LogP contribution in [0.2, 0.25) is 0 Å². The summed E-state index contributed by atoms with van der Waals surface area (Å²) in [5.41, 5.74) is 4.45. The summed E-state index contributed by atoms with van der Waals surface area (Å²) in [6.07, 6.45) is 2.55. The maximum atomic E-state index is 13.1. The molecule has 0 saturated heterocycles. The molecule has 1 aromatic heterocycles. The molecule has 3 aromatic rings. The molecule has 0 aliphatic carbocycles. The van der Waals surface area contributed by atoms with Crippen LogP contribution in [-0.2, 0) is 4.79 Å². The van der Waals surface area contributed by atoms with Crippen LogP contribution in [0.3, 0.4) is 0 Å². The molecule has 7 nitrogen and oxygen atoms in total. The number of H-pyrrole nitrogens is 1. The molecule has 0 fully saturated rings. The zero-order valence-corrected chi connectivity index (χ0v) is 13.3. The summed E-state index contributed by atoms with van der Waals surface area (Å²) in [6.45, 7) is 0. The Balaban J connectivity index is 1.68. The summed E-state index contributed by atoms with van der Waals surface area (Å²) < 4.78 is 13.1. The van der Waals surface area contributed by atoms with Gasteiger partial charge in [-0.1, -0.05) is 30.3 Å². The van der Waals surface area contributed by atoms with Crippen molar-refractivity contribution >= 4 is 28.7 Å². The van der Waals surface area contributed by atoms with Gasteiger partial charge in [-0.15, -0.1) is 0 Å². The number of halogens is 1. The normalized spacial score (nSPS) is 10.8. The van der Waals surface area contributed by atoms with E-state index in [0.29, 0.717) is 16.3 Å². The number of nitrogens with one attached hydrogen (secondary N) is 3. The van der Waals surface area contributed by atoms with E-state index < -0.39 is 23.2 Å². The van der Waals surface area contributed by atoms with E-state index in [1.165, 1.54) is 24.3 Å². The van der Waals surface area contributed by atoms with Crippen LogP contribution in [0.1, 0.15) is 16.1 Å². The molecule has 8 heteroatoms. The fourth-order valence-electron chi connectivity index (χ4n) is 2.29. The van der Waals surface area contributed by atoms with E-state index in [0.717, 1.165) is 6.08 Å². The van der Waals surface area contributed by atoms with Crippen molar-refractivity contribution < 1.29 is 14.0 Å². The molecule has 3 rings (SSSR count). The third kappa shape index (κ3) is 3.81. The van der Waals surface area contributed by atoms with Crippen molar-refractivity contribution in [1.29, 1.82) is 0 Å². The lowest BCUT2D eigenvalue weighted by molar-refractivity contribution is -0.117. The molecule has 0 bridgehead atoms. The van der Waals surface area contributed by atoms with E-state index in [2.05, 4.69) is 21.0 Å². The number of hydrogen-bond donors (Lipinski definition) is 3. The Morgan fingerprint density at radius 2 is 1.81 bits per heavy atom. The Hall–Kier alpha value is -3.81. The van der Waals surface area contributed by atoms with Crippen molar-refractivity contribution in [1.82, 2.24) is 21.0 Å². The van der Waals surface area contributed by atoms with Crippen molar-refractivity contribution in [3.63, 3.8) is 0 Å². The van der Waals surface area contributed by atoms with Gasteiger partial charge in [0.05, 0.1) is 5.39 Å². The van der Waals surface area contributed by atoms with Gasteiger partial charge in [0.15, 0.2) is 5.69 Å². The van der Waals surface area contributed by atoms with Crippen molar-refractivity contribution in [2.75, 3.05) is 0 Å². The van der Waals surface area contributed by atoms with Gasteiger partial charge in [-0.2, -0.15) is 5.10 Å². The molecular weight excluding hydrogens is 339 g/mol. The van der Waals surface area contributed by atoms with Gasteiger partial charge < -0.3 is 0 Å². The van der Waals surface area contributed by atoms with Gasteiger partial charge in [0, 0.05) is 11.5 Å². The molecule has 1 heterocycles. The molecule has 130 valence electrons. The molecule has 2 amide bonds. The van der Waals surface area contributed by atoms with Crippen molar-refractivity contribution in [3.05, 3.63) is 82.0 Å². The molecule has 0 aliphatic heterocycles. The highest BCUT2D eigenvalue weighted by Crippen LogP contribution is 2.11. The van der Waals surface area contributed by atoms with Gasteiger partial charge in [-0.3, -0.25) is 25.2 Å². The molecule has 0 unspecified atom stereocenters. The molecule has 0 saturated carbocycles. The van der Waals surface area contributed by atoms with E-state index in [4.69, 9.17) is 0 Å². The number of nitrogens with zero attached hydrogens (tertiary/aromatic N) is 1. The van der Waals surface area contributed by atoms with E-state index >= 15 is 0 Å². The fraction of sp³-hybridized carbons (Fsp3) is 0. The van der Waals surface area contributed by atoms with Crippen LogP contribution in [0.25, 0.3) is 16.8 Å². The number of carbonyl (C=O) groups is 2. The molecule has 26 heavy (non-hydrogen) atoms. The van der Waals surface area contributed by atoms with E-state index in [-0.39, 0.29) is 5.69 Å². The van der Waals surface area contributed by atoms with Crippen LogP contribution in [-0.4, -0.2) is 22.0 Å². The minimum atomic E-state index is -0.690. The Labute approximate surface area is 146 Å². The maximum Gasteiger partial charge on any atom is 0.290 e. The minimum Gasteiger partial charge on any atom is -0.268 e. The molecule has 0 atom stereocenters. The van der Waals surface area contributed by atoms with Crippen molar-refractivity contribution in [3.8, 4) is 0 Å². The lowest BCUT2D eigenvalue weighted by atomic mass is 10.1. The monoisotopic (exact) mass is 352 g/mol. The summed E-state index contributed by atoms with van der Waals surface area (Å²) in [5, 5.41) is 6.63.